The standard InChI is InChI=1S/C20H28O5/c1-18-10-14(12-7-9-24-11-12)25-17(22)13(18)6-8-19(2)15(18)4-5-16(21)20(19,3)23/h7,9,11,13-16,21,23H,4-6,8,10H2,1-3H3/t13-,14+,15+,16-,18-,19+,20-/m0/s1. The molecule has 2 aliphatic carbocycles. The van der Waals surface area contributed by atoms with Crippen LogP contribution < -0.4 is 0 Å². The first kappa shape index (κ1) is 17.1. The number of fused-ring (bicyclic) bond motifs is 3. The van der Waals surface area contributed by atoms with Crippen LogP contribution in [0.2, 0.25) is 0 Å². The zero-order valence-electron chi connectivity index (χ0n) is 15.2. The minimum Gasteiger partial charge on any atom is -0.472 e. The molecule has 5 heteroatoms. The van der Waals surface area contributed by atoms with E-state index in [-0.39, 0.29) is 29.3 Å². The third-order valence-corrected chi connectivity index (χ3v) is 7.93. The van der Waals surface area contributed by atoms with Crippen LogP contribution in [0.4, 0.5) is 0 Å². The Bertz CT molecular complexity index is 666. The highest BCUT2D eigenvalue weighted by atomic mass is 16.5. The maximum Gasteiger partial charge on any atom is 0.310 e. The minimum absolute atomic E-state index is 0.132. The van der Waals surface area contributed by atoms with Gasteiger partial charge < -0.3 is 19.4 Å². The van der Waals surface area contributed by atoms with Gasteiger partial charge in [-0.25, -0.2) is 0 Å². The van der Waals surface area contributed by atoms with Crippen molar-refractivity contribution >= 4 is 5.97 Å². The molecule has 2 heterocycles. The number of carbonyl (C=O) groups excluding carboxylic acids is 1. The highest BCUT2D eigenvalue weighted by Crippen LogP contribution is 2.66. The summed E-state index contributed by atoms with van der Waals surface area (Å²) in [7, 11) is 0. The zero-order chi connectivity index (χ0) is 18.0. The lowest BCUT2D eigenvalue weighted by atomic mass is 9.42. The van der Waals surface area contributed by atoms with E-state index in [4.69, 9.17) is 9.15 Å². The number of ether oxygens (including phenoxy) is 1. The number of aliphatic hydroxyl groups excluding tert-OH is 1. The number of aliphatic hydroxyl groups is 2. The molecule has 5 nitrogen and oxygen atoms in total. The molecular weight excluding hydrogens is 320 g/mol. The monoisotopic (exact) mass is 348 g/mol. The van der Waals surface area contributed by atoms with Gasteiger partial charge in [0.2, 0.25) is 0 Å². The summed E-state index contributed by atoms with van der Waals surface area (Å²) in [6, 6.07) is 1.85. The van der Waals surface area contributed by atoms with Crippen molar-refractivity contribution in [2.24, 2.45) is 22.7 Å². The van der Waals surface area contributed by atoms with Gasteiger partial charge in [0, 0.05) is 11.0 Å². The van der Waals surface area contributed by atoms with Crippen LogP contribution in [0, 0.1) is 22.7 Å². The molecule has 3 aliphatic rings. The van der Waals surface area contributed by atoms with Gasteiger partial charge in [-0.15, -0.1) is 0 Å². The van der Waals surface area contributed by atoms with Crippen molar-refractivity contribution in [2.75, 3.05) is 0 Å². The predicted octanol–water partition coefficient (Wildman–Crippen LogP) is 3.21. The van der Waals surface area contributed by atoms with Gasteiger partial charge in [0.05, 0.1) is 30.1 Å². The van der Waals surface area contributed by atoms with Crippen LogP contribution >= 0.6 is 0 Å². The summed E-state index contributed by atoms with van der Waals surface area (Å²) in [4.78, 5) is 12.8. The van der Waals surface area contributed by atoms with E-state index in [2.05, 4.69) is 13.8 Å². The average Bonchev–Trinajstić information content (AvgIpc) is 3.06. The number of esters is 1. The molecule has 1 aromatic rings. The summed E-state index contributed by atoms with van der Waals surface area (Å²) in [5.41, 5.74) is -0.915. The van der Waals surface area contributed by atoms with E-state index < -0.39 is 17.1 Å². The highest BCUT2D eigenvalue weighted by Gasteiger charge is 2.66. The van der Waals surface area contributed by atoms with Gasteiger partial charge in [-0.3, -0.25) is 4.79 Å². The molecule has 0 spiro atoms. The van der Waals surface area contributed by atoms with E-state index in [9.17, 15) is 15.0 Å². The van der Waals surface area contributed by atoms with E-state index in [0.717, 1.165) is 24.8 Å². The van der Waals surface area contributed by atoms with Gasteiger partial charge in [-0.1, -0.05) is 13.8 Å². The van der Waals surface area contributed by atoms with Gasteiger partial charge >= 0.3 is 5.97 Å². The largest absolute Gasteiger partial charge is 0.472 e. The van der Waals surface area contributed by atoms with Gasteiger partial charge in [0.15, 0.2) is 0 Å². The fraction of sp³-hybridized carbons (Fsp3) is 0.750. The first-order chi connectivity index (χ1) is 11.7. The van der Waals surface area contributed by atoms with Crippen LogP contribution in [-0.2, 0) is 9.53 Å². The Balaban J connectivity index is 1.74. The minimum atomic E-state index is -1.14. The Morgan fingerprint density at radius 2 is 1.96 bits per heavy atom. The second-order valence-electron chi connectivity index (χ2n) is 8.99. The Labute approximate surface area is 148 Å². The molecule has 1 aliphatic heterocycles. The van der Waals surface area contributed by atoms with Gasteiger partial charge in [-0.05, 0) is 56.4 Å². The normalized spacial score (nSPS) is 49.9. The first-order valence-electron chi connectivity index (χ1n) is 9.33. The molecule has 0 aromatic carbocycles. The van der Waals surface area contributed by atoms with Crippen molar-refractivity contribution in [1.82, 2.24) is 0 Å². The molecule has 138 valence electrons. The van der Waals surface area contributed by atoms with Crippen molar-refractivity contribution in [2.45, 2.75) is 70.7 Å². The van der Waals surface area contributed by atoms with E-state index >= 15 is 0 Å². The van der Waals surface area contributed by atoms with Crippen molar-refractivity contribution in [3.8, 4) is 0 Å². The molecule has 1 saturated heterocycles. The lowest BCUT2D eigenvalue weighted by Gasteiger charge is -2.64. The molecule has 7 atom stereocenters. The summed E-state index contributed by atoms with van der Waals surface area (Å²) in [5, 5.41) is 21.6. The molecule has 25 heavy (non-hydrogen) atoms. The molecule has 4 rings (SSSR count). The fourth-order valence-corrected chi connectivity index (χ4v) is 6.14. The SMILES string of the molecule is C[C@]12C[C@H](c3ccoc3)OC(=O)[C@@H]1CC[C@]1(C)[C@@H]2CC[C@H](O)[C@]1(C)O. The van der Waals surface area contributed by atoms with E-state index in [1.54, 1.807) is 19.5 Å². The van der Waals surface area contributed by atoms with Crippen molar-refractivity contribution in [3.63, 3.8) is 0 Å². The third-order valence-electron chi connectivity index (χ3n) is 7.93. The fourth-order valence-electron chi connectivity index (χ4n) is 6.14. The average molecular weight is 348 g/mol. The topological polar surface area (TPSA) is 79.9 Å². The third kappa shape index (κ3) is 2.18. The van der Waals surface area contributed by atoms with Gasteiger partial charge in [-0.2, -0.15) is 0 Å². The number of carbonyl (C=O) groups is 1. The van der Waals surface area contributed by atoms with Crippen LogP contribution in [0.15, 0.2) is 23.0 Å². The number of furan rings is 1. The van der Waals surface area contributed by atoms with Crippen LogP contribution in [0.5, 0.6) is 0 Å². The highest BCUT2D eigenvalue weighted by molar-refractivity contribution is 5.75. The Morgan fingerprint density at radius 3 is 2.64 bits per heavy atom. The molecule has 1 aromatic heterocycles. The number of rotatable bonds is 1. The lowest BCUT2D eigenvalue weighted by Crippen LogP contribution is -2.66. The van der Waals surface area contributed by atoms with Crippen molar-refractivity contribution in [1.29, 1.82) is 0 Å². The Hall–Kier alpha value is -1.33. The van der Waals surface area contributed by atoms with Crippen LogP contribution in [-0.4, -0.2) is 27.9 Å². The van der Waals surface area contributed by atoms with Crippen molar-refractivity contribution in [3.05, 3.63) is 24.2 Å². The molecule has 3 fully saturated rings. The molecule has 0 radical (unpaired) electrons. The second-order valence-corrected chi connectivity index (χ2v) is 8.99. The van der Waals surface area contributed by atoms with Crippen LogP contribution in [0.1, 0.15) is 64.5 Å². The summed E-state index contributed by atoms with van der Waals surface area (Å²) < 4.78 is 10.9. The Kier molecular flexibility index (Phi) is 3.65. The lowest BCUT2D eigenvalue weighted by molar-refractivity contribution is -0.251. The summed E-state index contributed by atoms with van der Waals surface area (Å²) >= 11 is 0. The molecule has 0 unspecified atom stereocenters. The zero-order valence-corrected chi connectivity index (χ0v) is 15.2. The van der Waals surface area contributed by atoms with E-state index in [0.29, 0.717) is 12.8 Å². The first-order valence-corrected chi connectivity index (χ1v) is 9.33. The molecular formula is C20H28O5. The van der Waals surface area contributed by atoms with Gasteiger partial charge in [0.1, 0.15) is 6.10 Å². The number of hydrogen-bond acceptors (Lipinski definition) is 5. The van der Waals surface area contributed by atoms with Crippen molar-refractivity contribution < 1.29 is 24.2 Å². The van der Waals surface area contributed by atoms with E-state index in [1.165, 1.54) is 0 Å². The Morgan fingerprint density at radius 1 is 1.20 bits per heavy atom. The summed E-state index contributed by atoms with van der Waals surface area (Å²) in [5.74, 6) is -0.105. The summed E-state index contributed by atoms with van der Waals surface area (Å²) in [6.07, 6.45) is 5.79. The smallest absolute Gasteiger partial charge is 0.310 e. The van der Waals surface area contributed by atoms with Gasteiger partial charge in [0.25, 0.3) is 0 Å². The van der Waals surface area contributed by atoms with Crippen LogP contribution in [0.3, 0.4) is 0 Å². The number of hydrogen-bond donors (Lipinski definition) is 2. The number of cyclic esters (lactones) is 1. The van der Waals surface area contributed by atoms with E-state index in [1.807, 2.05) is 6.07 Å². The maximum absolute atomic E-state index is 12.8. The molecule has 2 saturated carbocycles. The molecule has 0 bridgehead atoms. The molecule has 2 N–H and O–H groups in total. The molecule has 0 amide bonds. The maximum atomic E-state index is 12.8. The van der Waals surface area contributed by atoms with Crippen LogP contribution in [0.25, 0.3) is 0 Å². The summed E-state index contributed by atoms with van der Waals surface area (Å²) in [6.45, 7) is 6.04. The predicted molar refractivity (Wildman–Crippen MR) is 90.5 cm³/mol. The quantitative estimate of drug-likeness (QED) is 0.762. The second kappa shape index (κ2) is 5.34.